The van der Waals surface area contributed by atoms with Crippen LogP contribution in [-0.2, 0) is 11.8 Å². The van der Waals surface area contributed by atoms with E-state index in [0.29, 0.717) is 23.6 Å². The maximum Gasteiger partial charge on any atom is 0.274 e. The Morgan fingerprint density at radius 1 is 1.26 bits per heavy atom. The summed E-state index contributed by atoms with van der Waals surface area (Å²) < 4.78 is 7.64. The Morgan fingerprint density at radius 2 is 2.07 bits per heavy atom. The van der Waals surface area contributed by atoms with Crippen LogP contribution < -0.4 is 15.8 Å². The first kappa shape index (κ1) is 18.4. The summed E-state index contributed by atoms with van der Waals surface area (Å²) in [6, 6.07) is 6.49. The molecular weight excluding hydrogens is 412 g/mol. The molecule has 27 heavy (non-hydrogen) atoms. The van der Waals surface area contributed by atoms with Gasteiger partial charge in [0.25, 0.3) is 5.56 Å². The van der Waals surface area contributed by atoms with Crippen LogP contribution in [0.4, 0.5) is 17.3 Å². The number of nitrogens with one attached hydrogen (secondary N) is 1. The summed E-state index contributed by atoms with van der Waals surface area (Å²) in [6.07, 6.45) is 1.72. The van der Waals surface area contributed by atoms with Crippen LogP contribution in [0.15, 0.2) is 33.7 Å². The molecule has 2 aliphatic heterocycles. The lowest BCUT2D eigenvalue weighted by Crippen LogP contribution is -2.59. The Hall–Kier alpha value is -1.97. The molecule has 4 rings (SSSR count). The molecule has 8 nitrogen and oxygen atoms in total. The fourth-order valence-corrected chi connectivity index (χ4v) is 4.07. The van der Waals surface area contributed by atoms with Crippen LogP contribution in [0.3, 0.4) is 0 Å². The molecule has 0 saturated carbocycles. The molecule has 1 atom stereocenters. The molecule has 0 unspecified atom stereocenters. The molecule has 0 aromatic carbocycles. The Kier molecular flexibility index (Phi) is 5.16. The molecule has 4 heterocycles. The minimum absolute atomic E-state index is 0.117. The molecule has 2 aromatic rings. The molecule has 2 fully saturated rings. The quantitative estimate of drug-likeness (QED) is 0.782. The van der Waals surface area contributed by atoms with Gasteiger partial charge in [-0.05, 0) is 41.1 Å². The molecule has 144 valence electrons. The Balaban J connectivity index is 1.44. The summed E-state index contributed by atoms with van der Waals surface area (Å²) >= 11 is 3.40. The summed E-state index contributed by atoms with van der Waals surface area (Å²) in [5, 5.41) is 11.7. The molecule has 0 radical (unpaired) electrons. The summed E-state index contributed by atoms with van der Waals surface area (Å²) in [5.41, 5.74) is 0.340. The van der Waals surface area contributed by atoms with Crippen molar-refractivity contribution in [1.29, 1.82) is 0 Å². The van der Waals surface area contributed by atoms with E-state index in [9.17, 15) is 4.79 Å². The Morgan fingerprint density at radius 3 is 2.70 bits per heavy atom. The van der Waals surface area contributed by atoms with Gasteiger partial charge in [-0.2, -0.15) is 0 Å². The van der Waals surface area contributed by atoms with Gasteiger partial charge in [0.15, 0.2) is 11.6 Å². The van der Waals surface area contributed by atoms with E-state index in [0.717, 1.165) is 43.1 Å². The number of pyridine rings is 1. The van der Waals surface area contributed by atoms with Gasteiger partial charge in [-0.25, -0.2) is 0 Å². The Bertz CT molecular complexity index is 867. The van der Waals surface area contributed by atoms with Gasteiger partial charge in [0.1, 0.15) is 5.69 Å². The van der Waals surface area contributed by atoms with E-state index in [2.05, 4.69) is 48.2 Å². The van der Waals surface area contributed by atoms with Gasteiger partial charge in [-0.3, -0.25) is 9.69 Å². The summed E-state index contributed by atoms with van der Waals surface area (Å²) in [7, 11) is 1.71. The predicted molar refractivity (Wildman–Crippen MR) is 108 cm³/mol. The largest absolute Gasteiger partial charge is 0.378 e. The standard InChI is InChI=1S/C18H23BrN6O2/c1-12-8-24(14-10-27-11-14)5-6-25(12)17-4-3-16(21-22-17)20-15-7-13(19)9-23(2)18(15)26/h3-4,7,9,12,14H,5-6,8,10-11H2,1-2H3,(H,20,21)/t12-/m0/s1. The highest BCUT2D eigenvalue weighted by Crippen LogP contribution is 2.22. The van der Waals surface area contributed by atoms with Crippen molar-refractivity contribution in [1.82, 2.24) is 19.7 Å². The first-order valence-corrected chi connectivity index (χ1v) is 9.86. The molecule has 9 heteroatoms. The van der Waals surface area contributed by atoms with Gasteiger partial charge in [-0.15, -0.1) is 10.2 Å². The second-order valence-electron chi connectivity index (χ2n) is 7.12. The Labute approximate surface area is 166 Å². The average Bonchev–Trinajstić information content (AvgIpc) is 2.59. The zero-order valence-corrected chi connectivity index (χ0v) is 17.0. The number of ether oxygens (including phenoxy) is 1. The summed E-state index contributed by atoms with van der Waals surface area (Å²) in [5.74, 6) is 1.41. The van der Waals surface area contributed by atoms with Crippen molar-refractivity contribution >= 4 is 33.3 Å². The lowest BCUT2D eigenvalue weighted by Gasteiger charge is -2.45. The molecule has 2 aliphatic rings. The van der Waals surface area contributed by atoms with Gasteiger partial charge >= 0.3 is 0 Å². The van der Waals surface area contributed by atoms with Gasteiger partial charge in [0.05, 0.1) is 19.3 Å². The van der Waals surface area contributed by atoms with Crippen molar-refractivity contribution in [2.75, 3.05) is 43.1 Å². The normalized spacial score (nSPS) is 21.1. The third-order valence-electron chi connectivity index (χ3n) is 5.15. The minimum Gasteiger partial charge on any atom is -0.378 e. The summed E-state index contributed by atoms with van der Waals surface area (Å²) in [6.45, 7) is 6.85. The highest BCUT2D eigenvalue weighted by Gasteiger charge is 2.32. The molecular formula is C18H23BrN6O2. The third-order valence-corrected chi connectivity index (χ3v) is 5.59. The predicted octanol–water partition coefficient (Wildman–Crippen LogP) is 1.59. The van der Waals surface area contributed by atoms with Crippen molar-refractivity contribution in [3.63, 3.8) is 0 Å². The molecule has 0 spiro atoms. The second-order valence-corrected chi connectivity index (χ2v) is 8.03. The van der Waals surface area contributed by atoms with E-state index in [-0.39, 0.29) is 5.56 Å². The highest BCUT2D eigenvalue weighted by atomic mass is 79.9. The molecule has 0 amide bonds. The second kappa shape index (κ2) is 7.57. The number of hydrogen-bond donors (Lipinski definition) is 1. The topological polar surface area (TPSA) is 75.5 Å². The zero-order chi connectivity index (χ0) is 19.0. The molecule has 1 N–H and O–H groups in total. The fraction of sp³-hybridized carbons (Fsp3) is 0.500. The molecule has 2 saturated heterocycles. The van der Waals surface area contributed by atoms with Gasteiger partial charge in [0.2, 0.25) is 0 Å². The van der Waals surface area contributed by atoms with E-state index in [1.807, 2.05) is 12.1 Å². The van der Waals surface area contributed by atoms with Crippen LogP contribution >= 0.6 is 15.9 Å². The number of aryl methyl sites for hydroxylation is 1. The third kappa shape index (κ3) is 3.85. The van der Waals surface area contributed by atoms with Crippen LogP contribution in [0, 0.1) is 0 Å². The van der Waals surface area contributed by atoms with E-state index in [1.54, 1.807) is 19.3 Å². The maximum absolute atomic E-state index is 12.2. The first-order valence-electron chi connectivity index (χ1n) is 9.06. The van der Waals surface area contributed by atoms with Gasteiger partial charge in [0, 0.05) is 43.4 Å². The highest BCUT2D eigenvalue weighted by molar-refractivity contribution is 9.10. The van der Waals surface area contributed by atoms with E-state index < -0.39 is 0 Å². The van der Waals surface area contributed by atoms with E-state index in [1.165, 1.54) is 4.57 Å². The lowest BCUT2D eigenvalue weighted by molar-refractivity contribution is -0.0692. The van der Waals surface area contributed by atoms with E-state index >= 15 is 0 Å². The number of nitrogens with zero attached hydrogens (tertiary/aromatic N) is 5. The summed E-state index contributed by atoms with van der Waals surface area (Å²) in [4.78, 5) is 17.0. The molecule has 2 aromatic heterocycles. The number of hydrogen-bond acceptors (Lipinski definition) is 7. The molecule has 0 bridgehead atoms. The maximum atomic E-state index is 12.2. The van der Waals surface area contributed by atoms with Gasteiger partial charge < -0.3 is 19.5 Å². The number of piperazine rings is 1. The smallest absolute Gasteiger partial charge is 0.274 e. The van der Waals surface area contributed by atoms with Gasteiger partial charge in [-0.1, -0.05) is 0 Å². The van der Waals surface area contributed by atoms with Crippen LogP contribution in [0.5, 0.6) is 0 Å². The zero-order valence-electron chi connectivity index (χ0n) is 15.4. The van der Waals surface area contributed by atoms with Crippen LogP contribution in [0.1, 0.15) is 6.92 Å². The number of halogens is 1. The van der Waals surface area contributed by atoms with Crippen LogP contribution in [0.25, 0.3) is 0 Å². The van der Waals surface area contributed by atoms with Crippen molar-refractivity contribution in [3.05, 3.63) is 39.2 Å². The van der Waals surface area contributed by atoms with Crippen molar-refractivity contribution < 1.29 is 4.74 Å². The fourth-order valence-electron chi connectivity index (χ4n) is 3.53. The first-order chi connectivity index (χ1) is 13.0. The van der Waals surface area contributed by atoms with Crippen LogP contribution in [-0.4, -0.2) is 64.6 Å². The number of rotatable bonds is 4. The minimum atomic E-state index is -0.117. The van der Waals surface area contributed by atoms with E-state index in [4.69, 9.17) is 4.74 Å². The van der Waals surface area contributed by atoms with Crippen LogP contribution in [0.2, 0.25) is 0 Å². The SMILES string of the molecule is C[C@H]1CN(C2COC2)CCN1c1ccc(Nc2cc(Br)cn(C)c2=O)nn1. The van der Waals surface area contributed by atoms with Crippen molar-refractivity contribution in [2.24, 2.45) is 7.05 Å². The lowest BCUT2D eigenvalue weighted by atomic mass is 10.1. The molecule has 0 aliphatic carbocycles. The number of aromatic nitrogens is 3. The van der Waals surface area contributed by atoms with Crippen molar-refractivity contribution in [3.8, 4) is 0 Å². The average molecular weight is 435 g/mol. The number of anilines is 3. The monoisotopic (exact) mass is 434 g/mol. The van der Waals surface area contributed by atoms with Crippen molar-refractivity contribution in [2.45, 2.75) is 19.0 Å².